The highest BCUT2D eigenvalue weighted by atomic mass is 35.5. The van der Waals surface area contributed by atoms with Gasteiger partial charge in [-0.3, -0.25) is 0 Å². The van der Waals surface area contributed by atoms with Crippen LogP contribution < -0.4 is 9.47 Å². The Morgan fingerprint density at radius 1 is 1.06 bits per heavy atom. The second-order valence-electron chi connectivity index (χ2n) is 8.66. The number of ether oxygens (including phenoxy) is 4. The van der Waals surface area contributed by atoms with Crippen molar-refractivity contribution in [1.29, 1.82) is 0 Å². The van der Waals surface area contributed by atoms with E-state index in [0.717, 1.165) is 11.1 Å². The fraction of sp³-hybridized carbons (Fsp3) is 0.458. The van der Waals surface area contributed by atoms with Gasteiger partial charge in [0.1, 0.15) is 22.7 Å². The van der Waals surface area contributed by atoms with E-state index in [2.05, 4.69) is 0 Å². The highest BCUT2D eigenvalue weighted by Gasteiger charge is 2.43. The first kappa shape index (κ1) is 23.2. The van der Waals surface area contributed by atoms with Crippen molar-refractivity contribution < 1.29 is 23.7 Å². The quantitative estimate of drug-likeness (QED) is 0.592. The summed E-state index contributed by atoms with van der Waals surface area (Å²) in [5.74, 6) is 1.39. The van der Waals surface area contributed by atoms with Crippen LogP contribution in [0.15, 0.2) is 42.5 Å². The number of carbonyl (C=O) groups excluding carboxylic acids is 1. The van der Waals surface area contributed by atoms with E-state index in [0.29, 0.717) is 42.6 Å². The summed E-state index contributed by atoms with van der Waals surface area (Å²) >= 11 is 6.10. The molecule has 2 aromatic carbocycles. The lowest BCUT2D eigenvalue weighted by molar-refractivity contribution is -0.0554. The van der Waals surface area contributed by atoms with Crippen LogP contribution in [0.4, 0.5) is 4.79 Å². The van der Waals surface area contributed by atoms with Crippen LogP contribution in [-0.2, 0) is 21.7 Å². The summed E-state index contributed by atoms with van der Waals surface area (Å²) < 4.78 is 22.8. The fourth-order valence-corrected chi connectivity index (χ4v) is 3.75. The molecule has 1 heterocycles. The van der Waals surface area contributed by atoms with Gasteiger partial charge in [0, 0.05) is 24.1 Å². The van der Waals surface area contributed by atoms with E-state index >= 15 is 0 Å². The highest BCUT2D eigenvalue weighted by Crippen LogP contribution is 2.38. The number of hydrogen-bond acceptors (Lipinski definition) is 5. The van der Waals surface area contributed by atoms with Gasteiger partial charge in [0.15, 0.2) is 0 Å². The summed E-state index contributed by atoms with van der Waals surface area (Å²) in [6, 6.07) is 13.2. The Labute approximate surface area is 189 Å². The summed E-state index contributed by atoms with van der Waals surface area (Å²) in [4.78, 5) is 14.4. The fourth-order valence-electron chi connectivity index (χ4n) is 3.63. The molecule has 3 rings (SSSR count). The lowest BCUT2D eigenvalue weighted by atomic mass is 9.92. The largest absolute Gasteiger partial charge is 0.497 e. The van der Waals surface area contributed by atoms with Crippen molar-refractivity contribution in [3.8, 4) is 11.5 Å². The van der Waals surface area contributed by atoms with Crippen LogP contribution >= 0.6 is 11.6 Å². The molecule has 7 heteroatoms. The van der Waals surface area contributed by atoms with Gasteiger partial charge >= 0.3 is 6.09 Å². The molecule has 31 heavy (non-hydrogen) atoms. The van der Waals surface area contributed by atoms with Gasteiger partial charge in [-0.05, 0) is 56.2 Å². The molecule has 0 bridgehead atoms. The maximum absolute atomic E-state index is 12.7. The Bertz CT molecular complexity index is 887. The number of nitrogens with zero attached hydrogens (tertiary/aromatic N) is 1. The van der Waals surface area contributed by atoms with Gasteiger partial charge in [-0.1, -0.05) is 23.7 Å². The number of hydrogen-bond donors (Lipinski definition) is 0. The molecule has 6 nitrogen and oxygen atoms in total. The molecule has 2 aromatic rings. The van der Waals surface area contributed by atoms with Crippen molar-refractivity contribution >= 4 is 17.7 Å². The second-order valence-corrected chi connectivity index (χ2v) is 9.10. The minimum Gasteiger partial charge on any atom is -0.497 e. The molecule has 1 fully saturated rings. The van der Waals surface area contributed by atoms with E-state index in [-0.39, 0.29) is 6.09 Å². The SMILES string of the molecule is COc1cc(COC2(c3ccc(Cl)cc3)CCN(C(=O)OC(C)(C)C)C2)cc(OC)c1. The minimum absolute atomic E-state index is 0.332. The molecule has 1 unspecified atom stereocenters. The van der Waals surface area contributed by atoms with Gasteiger partial charge in [0.25, 0.3) is 0 Å². The molecule has 0 saturated carbocycles. The van der Waals surface area contributed by atoms with Crippen LogP contribution in [0, 0.1) is 0 Å². The Morgan fingerprint density at radius 3 is 2.23 bits per heavy atom. The van der Waals surface area contributed by atoms with Crippen LogP contribution in [0.5, 0.6) is 11.5 Å². The van der Waals surface area contributed by atoms with Crippen molar-refractivity contribution in [1.82, 2.24) is 4.90 Å². The Morgan fingerprint density at radius 2 is 1.68 bits per heavy atom. The van der Waals surface area contributed by atoms with Crippen molar-refractivity contribution in [3.63, 3.8) is 0 Å². The van der Waals surface area contributed by atoms with Gasteiger partial charge in [-0.15, -0.1) is 0 Å². The lowest BCUT2D eigenvalue weighted by Gasteiger charge is -2.31. The monoisotopic (exact) mass is 447 g/mol. The van der Waals surface area contributed by atoms with Gasteiger partial charge in [0.2, 0.25) is 0 Å². The summed E-state index contributed by atoms with van der Waals surface area (Å²) in [5, 5.41) is 0.651. The Kier molecular flexibility index (Phi) is 7.02. The molecule has 0 aliphatic carbocycles. The molecular formula is C24H30ClNO5. The molecule has 0 radical (unpaired) electrons. The first-order valence-corrected chi connectivity index (χ1v) is 10.6. The zero-order valence-electron chi connectivity index (χ0n) is 18.7. The molecular weight excluding hydrogens is 418 g/mol. The van der Waals surface area contributed by atoms with Gasteiger partial charge in [0.05, 0.1) is 27.4 Å². The van der Waals surface area contributed by atoms with E-state index in [9.17, 15) is 4.79 Å². The van der Waals surface area contributed by atoms with Crippen molar-refractivity contribution in [2.75, 3.05) is 27.3 Å². The summed E-state index contributed by atoms with van der Waals surface area (Å²) in [6.45, 7) is 6.85. The number of carbonyl (C=O) groups is 1. The van der Waals surface area contributed by atoms with E-state index < -0.39 is 11.2 Å². The molecule has 1 aliphatic heterocycles. The van der Waals surface area contributed by atoms with Crippen molar-refractivity contribution in [2.45, 2.75) is 45.0 Å². The van der Waals surface area contributed by atoms with Crippen LogP contribution in [0.1, 0.15) is 38.3 Å². The number of benzene rings is 2. The number of likely N-dealkylation sites (tertiary alicyclic amines) is 1. The molecule has 1 atom stereocenters. The summed E-state index contributed by atoms with van der Waals surface area (Å²) in [5.41, 5.74) is 0.663. The number of methoxy groups -OCH3 is 2. The molecule has 0 aromatic heterocycles. The summed E-state index contributed by atoms with van der Waals surface area (Å²) in [6.07, 6.45) is 0.310. The third-order valence-corrected chi connectivity index (χ3v) is 5.43. The maximum Gasteiger partial charge on any atom is 0.410 e. The molecule has 1 aliphatic rings. The average molecular weight is 448 g/mol. The topological polar surface area (TPSA) is 57.2 Å². The number of amides is 1. The van der Waals surface area contributed by atoms with E-state index in [1.54, 1.807) is 19.1 Å². The first-order chi connectivity index (χ1) is 14.6. The maximum atomic E-state index is 12.7. The summed E-state index contributed by atoms with van der Waals surface area (Å²) in [7, 11) is 3.23. The smallest absolute Gasteiger partial charge is 0.410 e. The van der Waals surface area contributed by atoms with Crippen LogP contribution in [-0.4, -0.2) is 43.9 Å². The Hall–Kier alpha value is -2.44. The zero-order valence-corrected chi connectivity index (χ0v) is 19.5. The normalized spacial score (nSPS) is 18.7. The van der Waals surface area contributed by atoms with Crippen molar-refractivity contribution in [2.24, 2.45) is 0 Å². The molecule has 0 spiro atoms. The average Bonchev–Trinajstić information content (AvgIpc) is 3.17. The van der Waals surface area contributed by atoms with Crippen LogP contribution in [0.25, 0.3) is 0 Å². The third kappa shape index (κ3) is 5.83. The second kappa shape index (κ2) is 9.37. The van der Waals surface area contributed by atoms with Gasteiger partial charge < -0.3 is 23.8 Å². The third-order valence-electron chi connectivity index (χ3n) is 5.18. The first-order valence-electron chi connectivity index (χ1n) is 10.2. The number of rotatable bonds is 6. The molecule has 1 saturated heterocycles. The predicted octanol–water partition coefficient (Wildman–Crippen LogP) is 5.41. The van der Waals surface area contributed by atoms with E-state index in [1.165, 1.54) is 0 Å². The number of halogens is 1. The molecule has 168 valence electrons. The van der Waals surface area contributed by atoms with Gasteiger partial charge in [-0.2, -0.15) is 0 Å². The predicted molar refractivity (Wildman–Crippen MR) is 120 cm³/mol. The van der Waals surface area contributed by atoms with Crippen LogP contribution in [0.3, 0.4) is 0 Å². The molecule has 1 amide bonds. The standard InChI is InChI=1S/C24H30ClNO5/c1-23(2,3)31-22(27)26-11-10-24(16-26,18-6-8-19(25)9-7-18)30-15-17-12-20(28-4)14-21(13-17)29-5/h6-9,12-14H,10-11,15-16H2,1-5H3. The van der Waals surface area contributed by atoms with E-state index in [4.69, 9.17) is 30.5 Å². The van der Waals surface area contributed by atoms with Crippen molar-refractivity contribution in [3.05, 3.63) is 58.6 Å². The Balaban J connectivity index is 1.85. The van der Waals surface area contributed by atoms with Crippen LogP contribution in [0.2, 0.25) is 5.02 Å². The van der Waals surface area contributed by atoms with Gasteiger partial charge in [-0.25, -0.2) is 4.79 Å². The zero-order chi connectivity index (χ0) is 22.6. The highest BCUT2D eigenvalue weighted by molar-refractivity contribution is 6.30. The lowest BCUT2D eigenvalue weighted by Crippen LogP contribution is -2.39. The van der Waals surface area contributed by atoms with E-state index in [1.807, 2.05) is 63.2 Å². The molecule has 0 N–H and O–H groups in total. The minimum atomic E-state index is -0.669.